The van der Waals surface area contributed by atoms with Crippen LogP contribution in [0.2, 0.25) is 0 Å². The molecule has 0 saturated heterocycles. The summed E-state index contributed by atoms with van der Waals surface area (Å²) >= 11 is 2.93. The molecule has 1 rings (SSSR count). The number of esters is 1. The van der Waals surface area contributed by atoms with E-state index in [1.165, 1.54) is 7.11 Å². The van der Waals surface area contributed by atoms with Gasteiger partial charge in [0.05, 0.1) is 18.7 Å². The first-order chi connectivity index (χ1) is 8.68. The topological polar surface area (TPSA) is 35.5 Å². The smallest absolute Gasteiger partial charge is 0.437 e. The van der Waals surface area contributed by atoms with Gasteiger partial charge in [0.15, 0.2) is 0 Å². The summed E-state index contributed by atoms with van der Waals surface area (Å²) in [6.07, 6.45) is -5.44. The molecule has 1 atom stereocenters. The van der Waals surface area contributed by atoms with Crippen LogP contribution < -0.4 is 4.74 Å². The third kappa shape index (κ3) is 2.68. The molecule has 3 nitrogen and oxygen atoms in total. The fourth-order valence-corrected chi connectivity index (χ4v) is 1.96. The zero-order valence-electron chi connectivity index (χ0n) is 9.85. The van der Waals surface area contributed by atoms with E-state index in [4.69, 9.17) is 4.74 Å². The Morgan fingerprint density at radius 1 is 1.21 bits per heavy atom. The second kappa shape index (κ2) is 5.36. The Hall–Kier alpha value is -1.31. The van der Waals surface area contributed by atoms with Gasteiger partial charge in [0.1, 0.15) is 5.75 Å². The van der Waals surface area contributed by atoms with Gasteiger partial charge in [0.2, 0.25) is 0 Å². The minimum Gasteiger partial charge on any atom is -0.496 e. The number of methoxy groups -OCH3 is 2. The second-order valence-corrected chi connectivity index (χ2v) is 4.35. The van der Waals surface area contributed by atoms with Crippen LogP contribution in [-0.2, 0) is 15.2 Å². The Labute approximate surface area is 114 Å². The summed E-state index contributed by atoms with van der Waals surface area (Å²) in [5.41, 5.74) is -5.11. The average Bonchev–Trinajstić information content (AvgIpc) is 2.35. The van der Waals surface area contributed by atoms with Gasteiger partial charge in [-0.1, -0.05) is 6.07 Å². The molecule has 0 aliphatic carbocycles. The van der Waals surface area contributed by atoms with Crippen molar-refractivity contribution in [2.75, 3.05) is 14.2 Å². The van der Waals surface area contributed by atoms with Crippen molar-refractivity contribution in [3.05, 3.63) is 28.2 Å². The normalized spacial score (nSPS) is 14.7. The predicted molar refractivity (Wildman–Crippen MR) is 61.6 cm³/mol. The maximum atomic E-state index is 14.2. The van der Waals surface area contributed by atoms with E-state index >= 15 is 0 Å². The van der Waals surface area contributed by atoms with Crippen LogP contribution in [0.5, 0.6) is 5.75 Å². The number of benzene rings is 1. The highest BCUT2D eigenvalue weighted by Crippen LogP contribution is 2.45. The summed E-state index contributed by atoms with van der Waals surface area (Å²) < 4.78 is 61.5. The largest absolute Gasteiger partial charge is 0.496 e. The van der Waals surface area contributed by atoms with Crippen LogP contribution in [0.4, 0.5) is 17.6 Å². The van der Waals surface area contributed by atoms with Gasteiger partial charge < -0.3 is 9.47 Å². The number of rotatable bonds is 3. The van der Waals surface area contributed by atoms with Crippen LogP contribution in [0.15, 0.2) is 22.7 Å². The van der Waals surface area contributed by atoms with E-state index in [1.54, 1.807) is 0 Å². The fraction of sp³-hybridized carbons (Fsp3) is 0.364. The SMILES string of the molecule is COC(=O)C(F)(c1ccc(OC)c(Br)c1)C(F)(F)F. The number of ether oxygens (including phenoxy) is 2. The highest BCUT2D eigenvalue weighted by Gasteiger charge is 2.64. The lowest BCUT2D eigenvalue weighted by molar-refractivity contribution is -0.242. The minimum atomic E-state index is -5.44. The van der Waals surface area contributed by atoms with E-state index in [0.717, 1.165) is 18.2 Å². The van der Waals surface area contributed by atoms with Gasteiger partial charge in [-0.2, -0.15) is 13.2 Å². The van der Waals surface area contributed by atoms with E-state index < -0.39 is 23.4 Å². The highest BCUT2D eigenvalue weighted by molar-refractivity contribution is 9.10. The summed E-state index contributed by atoms with van der Waals surface area (Å²) in [5.74, 6) is -1.82. The summed E-state index contributed by atoms with van der Waals surface area (Å²) in [4.78, 5) is 11.2. The number of carbonyl (C=O) groups excluding carboxylic acids is 1. The van der Waals surface area contributed by atoms with Crippen molar-refractivity contribution >= 4 is 21.9 Å². The van der Waals surface area contributed by atoms with Gasteiger partial charge in [0, 0.05) is 5.56 Å². The van der Waals surface area contributed by atoms with Crippen molar-refractivity contribution < 1.29 is 31.8 Å². The Bertz CT molecular complexity index is 489. The molecule has 8 heteroatoms. The molecule has 0 fully saturated rings. The number of alkyl halides is 4. The first-order valence-corrected chi connectivity index (χ1v) is 5.65. The van der Waals surface area contributed by atoms with E-state index in [1.807, 2.05) is 0 Å². The fourth-order valence-electron chi connectivity index (χ4n) is 1.42. The van der Waals surface area contributed by atoms with Crippen LogP contribution in [0, 0.1) is 0 Å². The Balaban J connectivity index is 3.43. The summed E-state index contributed by atoms with van der Waals surface area (Å²) in [6.45, 7) is 0. The van der Waals surface area contributed by atoms with Crippen LogP contribution in [-0.4, -0.2) is 26.4 Å². The molecule has 0 aliphatic heterocycles. The molecular weight excluding hydrogens is 336 g/mol. The molecule has 1 unspecified atom stereocenters. The molecule has 106 valence electrons. The highest BCUT2D eigenvalue weighted by atomic mass is 79.9. The first kappa shape index (κ1) is 15.7. The van der Waals surface area contributed by atoms with Crippen molar-refractivity contribution in [3.63, 3.8) is 0 Å². The third-order valence-electron chi connectivity index (χ3n) is 2.41. The van der Waals surface area contributed by atoms with Crippen LogP contribution in [0.1, 0.15) is 5.56 Å². The summed E-state index contributed by atoms with van der Waals surface area (Å²) in [5, 5.41) is 0. The third-order valence-corrected chi connectivity index (χ3v) is 3.03. The lowest BCUT2D eigenvalue weighted by Crippen LogP contribution is -2.46. The zero-order valence-corrected chi connectivity index (χ0v) is 11.4. The molecule has 19 heavy (non-hydrogen) atoms. The molecule has 0 radical (unpaired) electrons. The average molecular weight is 345 g/mol. The van der Waals surface area contributed by atoms with Crippen LogP contribution >= 0.6 is 15.9 Å². The molecular formula is C11H9BrF4O3. The second-order valence-electron chi connectivity index (χ2n) is 3.50. The monoisotopic (exact) mass is 344 g/mol. The van der Waals surface area contributed by atoms with Crippen LogP contribution in [0.25, 0.3) is 0 Å². The predicted octanol–water partition coefficient (Wildman–Crippen LogP) is 3.36. The number of hydrogen-bond donors (Lipinski definition) is 0. The van der Waals surface area contributed by atoms with E-state index in [2.05, 4.69) is 20.7 Å². The quantitative estimate of drug-likeness (QED) is 0.623. The number of carbonyl (C=O) groups is 1. The molecule has 0 aliphatic rings. The number of halogens is 5. The molecule has 0 spiro atoms. The molecule has 0 bridgehead atoms. The minimum absolute atomic E-state index is 0.0858. The van der Waals surface area contributed by atoms with Crippen molar-refractivity contribution in [2.45, 2.75) is 11.8 Å². The maximum absolute atomic E-state index is 14.2. The Morgan fingerprint density at radius 3 is 2.16 bits per heavy atom. The van der Waals surface area contributed by atoms with Gasteiger partial charge in [-0.05, 0) is 28.1 Å². The molecule has 0 aromatic heterocycles. The summed E-state index contributed by atoms with van der Waals surface area (Å²) in [7, 11) is 1.98. The Kier molecular flexibility index (Phi) is 4.44. The molecule has 1 aromatic rings. The standard InChI is InChI=1S/C11H9BrF4O3/c1-18-8-4-3-6(5-7(8)12)10(13,9(17)19-2)11(14,15)16/h3-5H,1-2H3. The zero-order chi connectivity index (χ0) is 14.8. The van der Waals surface area contributed by atoms with Crippen molar-refractivity contribution in [1.82, 2.24) is 0 Å². The van der Waals surface area contributed by atoms with Crippen molar-refractivity contribution in [1.29, 1.82) is 0 Å². The van der Waals surface area contributed by atoms with Crippen molar-refractivity contribution in [2.24, 2.45) is 0 Å². The maximum Gasteiger partial charge on any atom is 0.437 e. The van der Waals surface area contributed by atoms with Gasteiger partial charge >= 0.3 is 17.8 Å². The first-order valence-electron chi connectivity index (χ1n) is 4.86. The molecule has 0 amide bonds. The van der Waals surface area contributed by atoms with Crippen molar-refractivity contribution in [3.8, 4) is 5.75 Å². The van der Waals surface area contributed by atoms with Gasteiger partial charge in [-0.15, -0.1) is 0 Å². The molecule has 0 heterocycles. The van der Waals surface area contributed by atoms with Gasteiger partial charge in [-0.25, -0.2) is 9.18 Å². The van der Waals surface area contributed by atoms with Gasteiger partial charge in [0.25, 0.3) is 0 Å². The van der Waals surface area contributed by atoms with E-state index in [0.29, 0.717) is 7.11 Å². The molecule has 0 saturated carbocycles. The summed E-state index contributed by atoms with van der Waals surface area (Å²) in [6, 6.07) is 2.75. The van der Waals surface area contributed by atoms with E-state index in [9.17, 15) is 22.4 Å². The lowest BCUT2D eigenvalue weighted by atomic mass is 9.95. The van der Waals surface area contributed by atoms with Crippen LogP contribution in [0.3, 0.4) is 0 Å². The lowest BCUT2D eigenvalue weighted by Gasteiger charge is -2.25. The van der Waals surface area contributed by atoms with E-state index in [-0.39, 0.29) is 10.2 Å². The Morgan fingerprint density at radius 2 is 1.79 bits per heavy atom. The number of hydrogen-bond acceptors (Lipinski definition) is 3. The molecule has 0 N–H and O–H groups in total. The molecule has 1 aromatic carbocycles. The van der Waals surface area contributed by atoms with Gasteiger partial charge in [-0.3, -0.25) is 0 Å².